The zero-order chi connectivity index (χ0) is 26.8. The molecule has 196 valence electrons. The third-order valence-electron chi connectivity index (χ3n) is 6.17. The Morgan fingerprint density at radius 1 is 1.08 bits per heavy atom. The van der Waals surface area contributed by atoms with Crippen LogP contribution in [-0.2, 0) is 37.5 Å². The highest BCUT2D eigenvalue weighted by atomic mass is 32.2. The molecule has 2 aromatic rings. The van der Waals surface area contributed by atoms with E-state index in [2.05, 4.69) is 0 Å². The van der Waals surface area contributed by atoms with Gasteiger partial charge in [0.1, 0.15) is 17.7 Å². The summed E-state index contributed by atoms with van der Waals surface area (Å²) < 4.78 is 34.4. The minimum Gasteiger partial charge on any atom is -0.461 e. The highest BCUT2D eigenvalue weighted by Crippen LogP contribution is 2.66. The number of carbonyl (C=O) groups excluding carboxylic acids is 3. The largest absolute Gasteiger partial charge is 0.461 e. The third-order valence-corrected chi connectivity index (χ3v) is 10.1. The second-order valence-electron chi connectivity index (χ2n) is 8.37. The molecule has 1 fully saturated rings. The second kappa shape index (κ2) is 10.8. The number of carbonyl (C=O) groups is 3. The van der Waals surface area contributed by atoms with E-state index in [0.29, 0.717) is 5.57 Å². The fourth-order valence-corrected chi connectivity index (χ4v) is 7.67. The van der Waals surface area contributed by atoms with Crippen molar-refractivity contribution >= 4 is 37.2 Å². The molecule has 2 aromatic carbocycles. The minimum atomic E-state index is -4.07. The molecule has 1 amide bonds. The second-order valence-corrected chi connectivity index (χ2v) is 11.9. The monoisotopic (exact) mass is 546 g/mol. The van der Waals surface area contributed by atoms with Gasteiger partial charge in [0.25, 0.3) is 5.91 Å². The van der Waals surface area contributed by atoms with Crippen molar-refractivity contribution in [2.45, 2.75) is 23.7 Å². The number of rotatable bonds is 9. The summed E-state index contributed by atoms with van der Waals surface area (Å²) in [7, 11) is -1.78. The molecule has 12 heteroatoms. The highest BCUT2D eigenvalue weighted by Gasteiger charge is 2.72. The van der Waals surface area contributed by atoms with Crippen molar-refractivity contribution in [3.05, 3.63) is 83.1 Å². The minimum absolute atomic E-state index is 0.105. The van der Waals surface area contributed by atoms with Gasteiger partial charge < -0.3 is 24.3 Å². The van der Waals surface area contributed by atoms with E-state index >= 15 is 0 Å². The number of fused-ring (bicyclic) bond motifs is 1. The van der Waals surface area contributed by atoms with Gasteiger partial charge in [-0.05, 0) is 11.1 Å². The number of nitrogens with zero attached hydrogens (tertiary/aromatic N) is 1. The molecule has 0 bridgehead atoms. The Bertz CT molecular complexity index is 1220. The van der Waals surface area contributed by atoms with Crippen molar-refractivity contribution in [1.82, 2.24) is 4.90 Å². The number of esters is 2. The van der Waals surface area contributed by atoms with Crippen LogP contribution in [0.5, 0.6) is 0 Å². The number of hydrogen-bond acceptors (Lipinski definition) is 10. The van der Waals surface area contributed by atoms with E-state index in [1.807, 2.05) is 60.7 Å². The first-order valence-electron chi connectivity index (χ1n) is 11.3. The Hall–Kier alpha value is -2.95. The van der Waals surface area contributed by atoms with Crippen LogP contribution in [0.3, 0.4) is 0 Å². The van der Waals surface area contributed by atoms with E-state index in [4.69, 9.17) is 24.3 Å². The molecular formula is C25H27N2O8PS. The van der Waals surface area contributed by atoms with E-state index in [1.165, 1.54) is 6.92 Å². The van der Waals surface area contributed by atoms with Crippen LogP contribution in [0, 0.1) is 0 Å². The maximum absolute atomic E-state index is 13.7. The van der Waals surface area contributed by atoms with Gasteiger partial charge in [-0.2, -0.15) is 0 Å². The Morgan fingerprint density at radius 2 is 1.62 bits per heavy atom. The molecule has 0 unspecified atom stereocenters. The summed E-state index contributed by atoms with van der Waals surface area (Å²) in [6.07, 6.45) is -0.784. The van der Waals surface area contributed by atoms with Crippen LogP contribution in [0.15, 0.2) is 71.9 Å². The normalized spacial score (nSPS) is 21.4. The predicted molar refractivity (Wildman–Crippen MR) is 136 cm³/mol. The lowest BCUT2D eigenvalue weighted by atomic mass is 10.0. The average molecular weight is 547 g/mol. The Balaban J connectivity index is 1.73. The van der Waals surface area contributed by atoms with Crippen molar-refractivity contribution in [2.24, 2.45) is 5.73 Å². The fourth-order valence-electron chi connectivity index (χ4n) is 4.29. The molecule has 0 aromatic heterocycles. The van der Waals surface area contributed by atoms with Crippen molar-refractivity contribution in [2.75, 3.05) is 26.6 Å². The summed E-state index contributed by atoms with van der Waals surface area (Å²) in [6.45, 7) is 1.01. The molecule has 1 saturated heterocycles. The molecule has 2 N–H and O–H groups in total. The van der Waals surface area contributed by atoms with Gasteiger partial charge in [0.05, 0.1) is 0 Å². The SMILES string of the molecule is COP(=O)(OC)[C@]1(N)C(=O)N2C(C(=O)OC(c3ccccc3)c3ccccc3)=C(COC(C)=O)CS[C@@H]21. The molecule has 0 saturated carbocycles. The lowest BCUT2D eigenvalue weighted by molar-refractivity contribution is -0.155. The van der Waals surface area contributed by atoms with Crippen LogP contribution < -0.4 is 5.73 Å². The number of β-lactam (4-membered cyclic amide) rings is 1. The Kier molecular flexibility index (Phi) is 7.91. The number of hydrogen-bond donors (Lipinski definition) is 1. The summed E-state index contributed by atoms with van der Waals surface area (Å²) in [4.78, 5) is 39.8. The van der Waals surface area contributed by atoms with Gasteiger partial charge in [0.15, 0.2) is 6.10 Å². The molecule has 2 heterocycles. The first-order valence-corrected chi connectivity index (χ1v) is 13.9. The van der Waals surface area contributed by atoms with Crippen molar-refractivity contribution < 1.29 is 37.5 Å². The molecular weight excluding hydrogens is 519 g/mol. The number of thioether (sulfide) groups is 1. The molecule has 2 aliphatic rings. The summed E-state index contributed by atoms with van der Waals surface area (Å²) in [5.74, 6) is -2.02. The molecule has 37 heavy (non-hydrogen) atoms. The molecule has 0 radical (unpaired) electrons. The third kappa shape index (κ3) is 4.73. The predicted octanol–water partition coefficient (Wildman–Crippen LogP) is 3.19. The quantitative estimate of drug-likeness (QED) is 0.284. The van der Waals surface area contributed by atoms with Crippen LogP contribution in [0.1, 0.15) is 24.2 Å². The van der Waals surface area contributed by atoms with Gasteiger partial charge >= 0.3 is 19.5 Å². The average Bonchev–Trinajstić information content (AvgIpc) is 2.93. The number of benzene rings is 2. The van der Waals surface area contributed by atoms with E-state index in [-0.39, 0.29) is 18.1 Å². The molecule has 2 atom stereocenters. The zero-order valence-corrected chi connectivity index (χ0v) is 22.2. The van der Waals surface area contributed by atoms with Crippen LogP contribution in [0.2, 0.25) is 0 Å². The number of amides is 1. The van der Waals surface area contributed by atoms with Crippen molar-refractivity contribution in [1.29, 1.82) is 0 Å². The van der Waals surface area contributed by atoms with Crippen molar-refractivity contribution in [3.63, 3.8) is 0 Å². The highest BCUT2D eigenvalue weighted by molar-refractivity contribution is 8.00. The molecule has 10 nitrogen and oxygen atoms in total. The molecule has 0 aliphatic carbocycles. The smallest absolute Gasteiger partial charge is 0.362 e. The molecule has 4 rings (SSSR count). The van der Waals surface area contributed by atoms with E-state index < -0.39 is 42.2 Å². The summed E-state index contributed by atoms with van der Waals surface area (Å²) in [5.41, 5.74) is 8.03. The fraction of sp³-hybridized carbons (Fsp3) is 0.320. The Labute approximate surface area is 218 Å². The van der Waals surface area contributed by atoms with Gasteiger partial charge in [-0.3, -0.25) is 19.1 Å². The molecule has 0 spiro atoms. The number of ether oxygens (including phenoxy) is 2. The van der Waals surface area contributed by atoms with Crippen LogP contribution >= 0.6 is 19.4 Å². The van der Waals surface area contributed by atoms with E-state index in [1.54, 1.807) is 0 Å². The topological polar surface area (TPSA) is 134 Å². The van der Waals surface area contributed by atoms with E-state index in [9.17, 15) is 18.9 Å². The van der Waals surface area contributed by atoms with Crippen molar-refractivity contribution in [3.8, 4) is 0 Å². The van der Waals surface area contributed by atoms with Gasteiger partial charge in [0.2, 0.25) is 5.28 Å². The van der Waals surface area contributed by atoms with Crippen LogP contribution in [-0.4, -0.2) is 60.0 Å². The summed E-state index contributed by atoms with van der Waals surface area (Å²) >= 11 is 1.16. The summed E-state index contributed by atoms with van der Waals surface area (Å²) in [6, 6.07) is 18.3. The van der Waals surface area contributed by atoms with Gasteiger partial charge in [-0.1, -0.05) is 60.7 Å². The van der Waals surface area contributed by atoms with E-state index in [0.717, 1.165) is 42.0 Å². The first-order chi connectivity index (χ1) is 17.7. The zero-order valence-electron chi connectivity index (χ0n) is 20.5. The standard InChI is InChI=1S/C25H27N2O8PS/c1-16(28)34-14-19-15-37-24-25(26,36(31,32-2)33-3)23(30)27(24)20(19)22(29)35-21(17-10-6-4-7-11-17)18-12-8-5-9-13-18/h4-13,21,24H,14-15,26H2,1-3H3/t24-,25-/m1/s1. The number of nitrogens with two attached hydrogens (primary N) is 1. The molecule has 2 aliphatic heterocycles. The lowest BCUT2D eigenvalue weighted by Gasteiger charge is -2.56. The first kappa shape index (κ1) is 27.1. The Morgan fingerprint density at radius 3 is 2.11 bits per heavy atom. The summed E-state index contributed by atoms with van der Waals surface area (Å²) in [5, 5.41) is -2.93. The lowest BCUT2D eigenvalue weighted by Crippen LogP contribution is -2.77. The maximum atomic E-state index is 13.7. The van der Waals surface area contributed by atoms with Gasteiger partial charge in [-0.15, -0.1) is 11.8 Å². The van der Waals surface area contributed by atoms with Gasteiger partial charge in [-0.25, -0.2) is 4.79 Å². The van der Waals surface area contributed by atoms with Crippen LogP contribution in [0.25, 0.3) is 0 Å². The maximum Gasteiger partial charge on any atom is 0.362 e. The van der Waals surface area contributed by atoms with Gasteiger partial charge in [0, 0.05) is 32.5 Å². The van der Waals surface area contributed by atoms with Crippen LogP contribution in [0.4, 0.5) is 0 Å².